The second-order valence-electron chi connectivity index (χ2n) is 4.80. The molecule has 10 heteroatoms. The van der Waals surface area contributed by atoms with Crippen molar-refractivity contribution in [2.75, 3.05) is 20.0 Å². The number of benzene rings is 1. The van der Waals surface area contributed by atoms with E-state index in [-0.39, 0.29) is 36.6 Å². The van der Waals surface area contributed by atoms with Crippen molar-refractivity contribution >= 4 is 57.4 Å². The lowest BCUT2D eigenvalue weighted by atomic mass is 10.1. The number of rotatable bonds is 5. The number of carbonyl (C=O) groups excluding carboxylic acids is 3. The average molecular weight is 418 g/mol. The van der Waals surface area contributed by atoms with Crippen LogP contribution in [-0.4, -0.2) is 32.1 Å². The Kier molecular flexibility index (Phi) is 6.47. The van der Waals surface area contributed by atoms with Gasteiger partial charge in [-0.15, -0.1) is 11.3 Å². The molecular formula is C16H13Cl2NO6S. The molecule has 2 N–H and O–H groups in total. The number of hydrogen-bond acceptors (Lipinski definition) is 8. The topological polar surface area (TPSA) is 105 Å². The SMILES string of the molecule is COC(=O)c1sc(N)c(C(=O)OC)c1COC(=O)c1c(Cl)cccc1Cl. The number of ether oxygens (including phenoxy) is 3. The van der Waals surface area contributed by atoms with Crippen LogP contribution in [0.1, 0.15) is 36.0 Å². The molecule has 0 saturated carbocycles. The Morgan fingerprint density at radius 3 is 2.12 bits per heavy atom. The van der Waals surface area contributed by atoms with Crippen molar-refractivity contribution < 1.29 is 28.6 Å². The maximum absolute atomic E-state index is 12.3. The molecule has 0 spiro atoms. The summed E-state index contributed by atoms with van der Waals surface area (Å²) in [6.07, 6.45) is 0. The molecule has 26 heavy (non-hydrogen) atoms. The van der Waals surface area contributed by atoms with Crippen LogP contribution >= 0.6 is 34.5 Å². The number of anilines is 1. The second kappa shape index (κ2) is 8.39. The second-order valence-corrected chi connectivity index (χ2v) is 6.67. The molecule has 0 amide bonds. The van der Waals surface area contributed by atoms with E-state index in [1.807, 2.05) is 0 Å². The molecule has 1 aromatic heterocycles. The van der Waals surface area contributed by atoms with Crippen molar-refractivity contribution in [2.45, 2.75) is 6.61 Å². The predicted molar refractivity (Wildman–Crippen MR) is 97.0 cm³/mol. The molecule has 2 aromatic rings. The third-order valence-corrected chi connectivity index (χ3v) is 4.98. The molecule has 0 atom stereocenters. The minimum absolute atomic E-state index is 0.0294. The standard InChI is InChI=1S/C16H13Cl2NO6S/c1-23-14(20)10-7(12(16(22)24-2)26-13(10)19)6-25-15(21)11-8(17)4-3-5-9(11)18/h3-5H,6,19H2,1-2H3. The molecule has 1 heterocycles. The number of nitrogens with two attached hydrogens (primary N) is 1. The fraction of sp³-hybridized carbons (Fsp3) is 0.188. The van der Waals surface area contributed by atoms with Gasteiger partial charge in [0.1, 0.15) is 22.0 Å². The van der Waals surface area contributed by atoms with Crippen LogP contribution in [0.2, 0.25) is 10.0 Å². The van der Waals surface area contributed by atoms with Crippen LogP contribution in [0.25, 0.3) is 0 Å². The molecule has 138 valence electrons. The van der Waals surface area contributed by atoms with Crippen LogP contribution in [0.5, 0.6) is 0 Å². The highest BCUT2D eigenvalue weighted by Gasteiger charge is 2.28. The summed E-state index contributed by atoms with van der Waals surface area (Å²) in [6.45, 7) is -0.428. The first-order valence-corrected chi connectivity index (χ1v) is 8.57. The maximum Gasteiger partial charge on any atom is 0.348 e. The van der Waals surface area contributed by atoms with Crippen molar-refractivity contribution in [3.05, 3.63) is 49.8 Å². The van der Waals surface area contributed by atoms with E-state index in [9.17, 15) is 14.4 Å². The summed E-state index contributed by atoms with van der Waals surface area (Å²) in [7, 11) is 2.34. The van der Waals surface area contributed by atoms with Gasteiger partial charge in [-0.25, -0.2) is 14.4 Å². The molecule has 0 bridgehead atoms. The molecule has 7 nitrogen and oxygen atoms in total. The van der Waals surface area contributed by atoms with E-state index < -0.39 is 24.5 Å². The number of esters is 3. The first-order valence-electron chi connectivity index (χ1n) is 7.00. The zero-order valence-corrected chi connectivity index (χ0v) is 16.0. The van der Waals surface area contributed by atoms with Crippen molar-refractivity contribution in [2.24, 2.45) is 0 Å². The molecule has 0 aliphatic carbocycles. The number of thiophene rings is 1. The Morgan fingerprint density at radius 2 is 1.58 bits per heavy atom. The highest BCUT2D eigenvalue weighted by Crippen LogP contribution is 2.33. The minimum Gasteiger partial charge on any atom is -0.465 e. The van der Waals surface area contributed by atoms with Crippen molar-refractivity contribution in [3.63, 3.8) is 0 Å². The summed E-state index contributed by atoms with van der Waals surface area (Å²) in [4.78, 5) is 36.3. The van der Waals surface area contributed by atoms with Crippen LogP contribution in [0.15, 0.2) is 18.2 Å². The highest BCUT2D eigenvalue weighted by molar-refractivity contribution is 7.18. The van der Waals surface area contributed by atoms with Gasteiger partial charge in [0.2, 0.25) is 0 Å². The fourth-order valence-electron chi connectivity index (χ4n) is 2.11. The van der Waals surface area contributed by atoms with Crippen LogP contribution in [-0.2, 0) is 20.8 Å². The average Bonchev–Trinajstić information content (AvgIpc) is 2.94. The van der Waals surface area contributed by atoms with Crippen LogP contribution in [0.4, 0.5) is 5.00 Å². The van der Waals surface area contributed by atoms with Crippen molar-refractivity contribution in [1.29, 1.82) is 0 Å². The Morgan fingerprint density at radius 1 is 1.00 bits per heavy atom. The molecule has 0 saturated heterocycles. The van der Waals surface area contributed by atoms with Gasteiger partial charge < -0.3 is 19.9 Å². The van der Waals surface area contributed by atoms with Gasteiger partial charge >= 0.3 is 17.9 Å². The fourth-order valence-corrected chi connectivity index (χ4v) is 3.64. The van der Waals surface area contributed by atoms with E-state index in [0.29, 0.717) is 0 Å². The number of hydrogen-bond donors (Lipinski definition) is 1. The molecule has 0 aliphatic rings. The van der Waals surface area contributed by atoms with Crippen LogP contribution in [0.3, 0.4) is 0 Å². The molecule has 0 unspecified atom stereocenters. The summed E-state index contributed by atoms with van der Waals surface area (Å²) in [5.74, 6) is -2.31. The van der Waals surface area contributed by atoms with Crippen molar-refractivity contribution in [1.82, 2.24) is 0 Å². The van der Waals surface area contributed by atoms with Crippen molar-refractivity contribution in [3.8, 4) is 0 Å². The number of methoxy groups -OCH3 is 2. The quantitative estimate of drug-likeness (QED) is 0.585. The molecule has 2 rings (SSSR count). The lowest BCUT2D eigenvalue weighted by molar-refractivity contribution is 0.0453. The van der Waals surface area contributed by atoms with Gasteiger partial charge in [-0.3, -0.25) is 0 Å². The molecule has 0 fully saturated rings. The van der Waals surface area contributed by atoms with Crippen LogP contribution < -0.4 is 5.73 Å². The van der Waals surface area contributed by atoms with Crippen LogP contribution in [0, 0.1) is 0 Å². The van der Waals surface area contributed by atoms with E-state index >= 15 is 0 Å². The highest BCUT2D eigenvalue weighted by atomic mass is 35.5. The first kappa shape index (κ1) is 20.0. The molecule has 0 radical (unpaired) electrons. The summed E-state index contributed by atoms with van der Waals surface area (Å²) < 4.78 is 14.5. The Labute approximate surface area is 162 Å². The monoisotopic (exact) mass is 417 g/mol. The van der Waals surface area contributed by atoms with Gasteiger partial charge in [-0.05, 0) is 12.1 Å². The zero-order chi connectivity index (χ0) is 19.4. The van der Waals surface area contributed by atoms with E-state index in [4.69, 9.17) is 33.7 Å². The van der Waals surface area contributed by atoms with Gasteiger partial charge in [-0.1, -0.05) is 29.3 Å². The molecular weight excluding hydrogens is 405 g/mol. The van der Waals surface area contributed by atoms with Gasteiger partial charge in [0.25, 0.3) is 0 Å². The smallest absolute Gasteiger partial charge is 0.348 e. The molecule has 1 aromatic carbocycles. The number of halogens is 2. The Bertz CT molecular complexity index is 860. The van der Waals surface area contributed by atoms with Gasteiger partial charge in [-0.2, -0.15) is 0 Å². The Balaban J connectivity index is 2.37. The zero-order valence-electron chi connectivity index (χ0n) is 13.6. The Hall–Kier alpha value is -2.29. The normalized spacial score (nSPS) is 10.3. The van der Waals surface area contributed by atoms with E-state index in [0.717, 1.165) is 18.4 Å². The summed E-state index contributed by atoms with van der Waals surface area (Å²) >= 11 is 12.8. The summed E-state index contributed by atoms with van der Waals surface area (Å²) in [5.41, 5.74) is 5.80. The number of nitrogen functional groups attached to an aromatic ring is 1. The number of carbonyl (C=O) groups is 3. The summed E-state index contributed by atoms with van der Waals surface area (Å²) in [5, 5.41) is 0.251. The summed E-state index contributed by atoms with van der Waals surface area (Å²) in [6, 6.07) is 4.53. The predicted octanol–water partition coefficient (Wildman–Crippen LogP) is 3.57. The molecule has 0 aliphatic heterocycles. The van der Waals surface area contributed by atoms with Gasteiger partial charge in [0, 0.05) is 5.56 Å². The van der Waals surface area contributed by atoms with Gasteiger partial charge in [0.05, 0.1) is 29.8 Å². The lowest BCUT2D eigenvalue weighted by Gasteiger charge is -2.09. The first-order chi connectivity index (χ1) is 12.3. The maximum atomic E-state index is 12.3. The van der Waals surface area contributed by atoms with E-state index in [2.05, 4.69) is 9.47 Å². The van der Waals surface area contributed by atoms with Gasteiger partial charge in [0.15, 0.2) is 0 Å². The third-order valence-electron chi connectivity index (χ3n) is 3.31. The minimum atomic E-state index is -0.822. The third kappa shape index (κ3) is 3.92. The lowest BCUT2D eigenvalue weighted by Crippen LogP contribution is -2.13. The van der Waals surface area contributed by atoms with E-state index in [1.165, 1.54) is 19.2 Å². The largest absolute Gasteiger partial charge is 0.465 e. The van der Waals surface area contributed by atoms with E-state index in [1.54, 1.807) is 6.07 Å².